The molecule has 154 valence electrons. The smallest absolute Gasteiger partial charge is 0.251 e. The maximum atomic E-state index is 13.7. The van der Waals surface area contributed by atoms with Gasteiger partial charge in [0.1, 0.15) is 30.0 Å². The normalized spacial score (nSPS) is 11.5. The maximum Gasteiger partial charge on any atom is 0.251 e. The molecule has 0 aromatic heterocycles. The SMILES string of the molecule is NC(=O)C(Cc1ccccc1)NC(=O)c1ccc(OCc2c(F)cccc2F)cc1. The average molecular weight is 410 g/mol. The second-order valence-corrected chi connectivity index (χ2v) is 6.63. The Morgan fingerprint density at radius 3 is 2.13 bits per heavy atom. The fraction of sp³-hybridized carbons (Fsp3) is 0.130. The summed E-state index contributed by atoms with van der Waals surface area (Å²) in [6, 6.07) is 17.9. The molecular weight excluding hydrogens is 390 g/mol. The van der Waals surface area contributed by atoms with Gasteiger partial charge in [-0.05, 0) is 42.0 Å². The first kappa shape index (κ1) is 21.0. The van der Waals surface area contributed by atoms with E-state index in [1.54, 1.807) is 0 Å². The number of benzene rings is 3. The van der Waals surface area contributed by atoms with Gasteiger partial charge in [0, 0.05) is 12.0 Å². The third-order valence-electron chi connectivity index (χ3n) is 4.49. The predicted octanol–water partition coefficient (Wildman–Crippen LogP) is 3.37. The van der Waals surface area contributed by atoms with E-state index in [4.69, 9.17) is 10.5 Å². The van der Waals surface area contributed by atoms with Gasteiger partial charge < -0.3 is 15.8 Å². The molecule has 1 unspecified atom stereocenters. The van der Waals surface area contributed by atoms with Crippen LogP contribution in [0, 0.1) is 11.6 Å². The molecule has 3 aromatic carbocycles. The summed E-state index contributed by atoms with van der Waals surface area (Å²) in [6.45, 7) is -0.287. The van der Waals surface area contributed by atoms with Crippen LogP contribution in [0.4, 0.5) is 8.78 Å². The summed E-state index contributed by atoms with van der Waals surface area (Å²) in [6.07, 6.45) is 0.275. The molecule has 3 aromatic rings. The Balaban J connectivity index is 1.62. The van der Waals surface area contributed by atoms with Gasteiger partial charge in [-0.15, -0.1) is 0 Å². The average Bonchev–Trinajstić information content (AvgIpc) is 2.74. The summed E-state index contributed by atoms with van der Waals surface area (Å²) >= 11 is 0. The Kier molecular flexibility index (Phi) is 6.75. The zero-order valence-electron chi connectivity index (χ0n) is 16.0. The lowest BCUT2D eigenvalue weighted by molar-refractivity contribution is -0.119. The van der Waals surface area contributed by atoms with E-state index in [0.29, 0.717) is 11.3 Å². The Labute approximate surface area is 172 Å². The number of ether oxygens (including phenoxy) is 1. The van der Waals surface area contributed by atoms with Gasteiger partial charge in [-0.1, -0.05) is 36.4 Å². The van der Waals surface area contributed by atoms with E-state index in [0.717, 1.165) is 17.7 Å². The number of nitrogens with one attached hydrogen (secondary N) is 1. The number of carbonyl (C=O) groups is 2. The van der Waals surface area contributed by atoms with Crippen molar-refractivity contribution in [3.05, 3.63) is 101 Å². The van der Waals surface area contributed by atoms with Gasteiger partial charge in [-0.3, -0.25) is 9.59 Å². The molecule has 0 saturated carbocycles. The number of amides is 2. The number of hydrogen-bond donors (Lipinski definition) is 2. The molecule has 0 aliphatic carbocycles. The molecule has 0 radical (unpaired) electrons. The molecule has 0 fully saturated rings. The highest BCUT2D eigenvalue weighted by molar-refractivity contribution is 5.97. The van der Waals surface area contributed by atoms with Crippen molar-refractivity contribution < 1.29 is 23.1 Å². The lowest BCUT2D eigenvalue weighted by Crippen LogP contribution is -2.45. The number of carbonyl (C=O) groups excluding carboxylic acids is 2. The third kappa shape index (κ3) is 5.41. The molecule has 0 aliphatic rings. The third-order valence-corrected chi connectivity index (χ3v) is 4.49. The van der Waals surface area contributed by atoms with Crippen LogP contribution < -0.4 is 15.8 Å². The number of rotatable bonds is 8. The number of nitrogens with two attached hydrogens (primary N) is 1. The predicted molar refractivity (Wildman–Crippen MR) is 108 cm³/mol. The molecule has 2 amide bonds. The van der Waals surface area contributed by atoms with Crippen LogP contribution in [-0.4, -0.2) is 17.9 Å². The standard InChI is InChI=1S/C23H20F2N2O3/c24-19-7-4-8-20(25)18(19)14-30-17-11-9-16(10-12-17)23(29)27-21(22(26)28)13-15-5-2-1-3-6-15/h1-12,21H,13-14H2,(H2,26,28)(H,27,29). The highest BCUT2D eigenvalue weighted by Gasteiger charge is 2.19. The number of hydrogen-bond acceptors (Lipinski definition) is 3. The highest BCUT2D eigenvalue weighted by Crippen LogP contribution is 2.18. The van der Waals surface area contributed by atoms with Gasteiger partial charge in [0.15, 0.2) is 0 Å². The molecule has 0 aliphatic heterocycles. The van der Waals surface area contributed by atoms with Gasteiger partial charge in [0.05, 0.1) is 5.56 Å². The quantitative estimate of drug-likeness (QED) is 0.597. The van der Waals surface area contributed by atoms with Gasteiger partial charge in [0.2, 0.25) is 5.91 Å². The molecule has 30 heavy (non-hydrogen) atoms. The van der Waals surface area contributed by atoms with Crippen LogP contribution in [0.25, 0.3) is 0 Å². The van der Waals surface area contributed by atoms with E-state index in [9.17, 15) is 18.4 Å². The largest absolute Gasteiger partial charge is 0.489 e. The van der Waals surface area contributed by atoms with Crippen LogP contribution in [0.3, 0.4) is 0 Å². The molecule has 1 atom stereocenters. The van der Waals surface area contributed by atoms with Crippen LogP contribution >= 0.6 is 0 Å². The lowest BCUT2D eigenvalue weighted by atomic mass is 10.0. The molecule has 0 heterocycles. The van der Waals surface area contributed by atoms with E-state index in [-0.39, 0.29) is 18.6 Å². The maximum absolute atomic E-state index is 13.7. The second-order valence-electron chi connectivity index (χ2n) is 6.63. The van der Waals surface area contributed by atoms with Crippen molar-refractivity contribution >= 4 is 11.8 Å². The van der Waals surface area contributed by atoms with Crippen LogP contribution in [-0.2, 0) is 17.8 Å². The molecule has 7 heteroatoms. The first-order chi connectivity index (χ1) is 14.4. The van der Waals surface area contributed by atoms with E-state index in [1.807, 2.05) is 30.3 Å². The van der Waals surface area contributed by atoms with Crippen LogP contribution in [0.1, 0.15) is 21.5 Å². The topological polar surface area (TPSA) is 81.4 Å². The Hall–Kier alpha value is -3.74. The van der Waals surface area contributed by atoms with Crippen LogP contribution in [0.2, 0.25) is 0 Å². The summed E-state index contributed by atoms with van der Waals surface area (Å²) in [4.78, 5) is 24.2. The minimum Gasteiger partial charge on any atom is -0.489 e. The van der Waals surface area contributed by atoms with Gasteiger partial charge in [-0.2, -0.15) is 0 Å². The van der Waals surface area contributed by atoms with Crippen molar-refractivity contribution in [3.8, 4) is 5.75 Å². The van der Waals surface area contributed by atoms with Crippen molar-refractivity contribution in [2.24, 2.45) is 5.73 Å². The minimum atomic E-state index is -0.861. The van der Waals surface area contributed by atoms with E-state index in [2.05, 4.69) is 5.32 Å². The lowest BCUT2D eigenvalue weighted by Gasteiger charge is -2.16. The molecule has 3 N–H and O–H groups in total. The molecule has 0 saturated heterocycles. The molecule has 3 rings (SSSR count). The summed E-state index contributed by atoms with van der Waals surface area (Å²) in [5.74, 6) is -2.16. The van der Waals surface area contributed by atoms with Gasteiger partial charge >= 0.3 is 0 Å². The molecular formula is C23H20F2N2O3. The fourth-order valence-corrected chi connectivity index (χ4v) is 2.84. The van der Waals surface area contributed by atoms with Gasteiger partial charge in [-0.25, -0.2) is 8.78 Å². The Bertz CT molecular complexity index is 1000. The minimum absolute atomic E-state index is 0.176. The summed E-state index contributed by atoms with van der Waals surface area (Å²) in [5, 5.41) is 2.62. The van der Waals surface area contributed by atoms with Crippen LogP contribution in [0.15, 0.2) is 72.8 Å². The molecule has 0 spiro atoms. The number of primary amides is 1. The zero-order chi connectivity index (χ0) is 21.5. The molecule has 0 bridgehead atoms. The van der Waals surface area contributed by atoms with E-state index in [1.165, 1.54) is 30.3 Å². The van der Waals surface area contributed by atoms with E-state index < -0.39 is 29.5 Å². The van der Waals surface area contributed by atoms with Crippen molar-refractivity contribution in [1.82, 2.24) is 5.32 Å². The summed E-state index contributed by atoms with van der Waals surface area (Å²) < 4.78 is 32.7. The first-order valence-electron chi connectivity index (χ1n) is 9.24. The van der Waals surface area contributed by atoms with Gasteiger partial charge in [0.25, 0.3) is 5.91 Å². The highest BCUT2D eigenvalue weighted by atomic mass is 19.1. The van der Waals surface area contributed by atoms with Crippen molar-refractivity contribution in [2.45, 2.75) is 19.1 Å². The van der Waals surface area contributed by atoms with Crippen molar-refractivity contribution in [3.63, 3.8) is 0 Å². The second kappa shape index (κ2) is 9.65. The Morgan fingerprint density at radius 1 is 0.900 bits per heavy atom. The summed E-state index contributed by atoms with van der Waals surface area (Å²) in [5.41, 5.74) is 6.40. The monoisotopic (exact) mass is 410 g/mol. The van der Waals surface area contributed by atoms with Crippen LogP contribution in [0.5, 0.6) is 5.75 Å². The first-order valence-corrected chi connectivity index (χ1v) is 9.24. The number of halogens is 2. The fourth-order valence-electron chi connectivity index (χ4n) is 2.84. The zero-order valence-corrected chi connectivity index (χ0v) is 16.0. The van der Waals surface area contributed by atoms with Crippen molar-refractivity contribution in [2.75, 3.05) is 0 Å². The van der Waals surface area contributed by atoms with E-state index >= 15 is 0 Å². The Morgan fingerprint density at radius 2 is 1.53 bits per heavy atom. The molecule has 5 nitrogen and oxygen atoms in total. The summed E-state index contributed by atoms with van der Waals surface area (Å²) in [7, 11) is 0. The van der Waals surface area contributed by atoms with Crippen molar-refractivity contribution in [1.29, 1.82) is 0 Å².